The van der Waals surface area contributed by atoms with Crippen molar-refractivity contribution >= 4 is 22.4 Å². The molecule has 1 N–H and O–H groups in total. The van der Waals surface area contributed by atoms with E-state index in [-0.39, 0.29) is 6.10 Å². The lowest BCUT2D eigenvalue weighted by atomic mass is 10.1. The molecular weight excluding hydrogens is 402 g/mol. The molecule has 6 nitrogen and oxygen atoms in total. The van der Waals surface area contributed by atoms with Crippen molar-refractivity contribution in [1.82, 2.24) is 15.0 Å². The Hall–Kier alpha value is -3.81. The van der Waals surface area contributed by atoms with Gasteiger partial charge < -0.3 is 14.8 Å². The van der Waals surface area contributed by atoms with E-state index < -0.39 is 11.6 Å². The Labute approximate surface area is 177 Å². The number of hydrogen-bond acceptors (Lipinski definition) is 6. The summed E-state index contributed by atoms with van der Waals surface area (Å²) in [5.74, 6) is -0.00360. The maximum atomic E-state index is 13.8. The number of benzene rings is 2. The molecule has 0 atom stereocenters. The van der Waals surface area contributed by atoms with E-state index in [0.717, 1.165) is 12.1 Å². The Bertz CT molecular complexity index is 1230. The first kappa shape index (κ1) is 20.5. The van der Waals surface area contributed by atoms with Crippen molar-refractivity contribution in [2.45, 2.75) is 20.0 Å². The van der Waals surface area contributed by atoms with E-state index >= 15 is 0 Å². The van der Waals surface area contributed by atoms with Crippen molar-refractivity contribution in [3.8, 4) is 22.9 Å². The van der Waals surface area contributed by atoms with Crippen LogP contribution in [0.15, 0.2) is 54.9 Å². The van der Waals surface area contributed by atoms with Gasteiger partial charge in [0, 0.05) is 41.2 Å². The fourth-order valence-electron chi connectivity index (χ4n) is 3.07. The molecule has 0 fully saturated rings. The summed E-state index contributed by atoms with van der Waals surface area (Å²) in [6.07, 6.45) is 3.23. The van der Waals surface area contributed by atoms with Crippen molar-refractivity contribution in [2.24, 2.45) is 0 Å². The highest BCUT2D eigenvalue weighted by Crippen LogP contribution is 2.36. The summed E-state index contributed by atoms with van der Waals surface area (Å²) in [7, 11) is 1.55. The van der Waals surface area contributed by atoms with Crippen molar-refractivity contribution in [2.75, 3.05) is 12.4 Å². The minimum absolute atomic E-state index is 0.0791. The summed E-state index contributed by atoms with van der Waals surface area (Å²) < 4.78 is 38.5. The molecule has 0 radical (unpaired) electrons. The first-order valence-electron chi connectivity index (χ1n) is 9.63. The van der Waals surface area contributed by atoms with Gasteiger partial charge in [0.2, 0.25) is 0 Å². The highest BCUT2D eigenvalue weighted by molar-refractivity contribution is 5.94. The average Bonchev–Trinajstić information content (AvgIpc) is 2.76. The summed E-state index contributed by atoms with van der Waals surface area (Å²) in [5, 5.41) is 3.70. The second kappa shape index (κ2) is 8.51. The van der Waals surface area contributed by atoms with E-state index in [1.165, 1.54) is 6.07 Å². The highest BCUT2D eigenvalue weighted by atomic mass is 19.2. The third-order valence-corrected chi connectivity index (χ3v) is 4.45. The van der Waals surface area contributed by atoms with Crippen molar-refractivity contribution < 1.29 is 18.3 Å². The topological polar surface area (TPSA) is 69.2 Å². The van der Waals surface area contributed by atoms with Crippen LogP contribution in [0.3, 0.4) is 0 Å². The molecule has 2 aromatic heterocycles. The molecule has 0 aliphatic carbocycles. The maximum absolute atomic E-state index is 13.8. The van der Waals surface area contributed by atoms with Crippen LogP contribution < -0.4 is 14.8 Å². The predicted octanol–water partition coefficient (Wildman–Crippen LogP) is 5.51. The second-order valence-corrected chi connectivity index (χ2v) is 7.08. The first-order valence-corrected chi connectivity index (χ1v) is 9.63. The number of fused-ring (bicyclic) bond motifs is 1. The molecule has 4 rings (SSSR count). The minimum Gasteiger partial charge on any atom is -0.493 e. The summed E-state index contributed by atoms with van der Waals surface area (Å²) in [6, 6.07) is 10.7. The third kappa shape index (κ3) is 4.37. The Balaban J connectivity index is 1.91. The summed E-state index contributed by atoms with van der Waals surface area (Å²) in [5.41, 5.74) is 1.64. The van der Waals surface area contributed by atoms with Crippen LogP contribution in [0.25, 0.3) is 22.3 Å². The maximum Gasteiger partial charge on any atom is 0.163 e. The molecular formula is C23H20F2N4O2. The van der Waals surface area contributed by atoms with Gasteiger partial charge in [-0.15, -0.1) is 0 Å². The van der Waals surface area contributed by atoms with Gasteiger partial charge in [0.1, 0.15) is 5.82 Å². The molecule has 0 aliphatic heterocycles. The number of nitrogens with one attached hydrogen (secondary N) is 1. The molecule has 0 saturated heterocycles. The Morgan fingerprint density at radius 1 is 0.968 bits per heavy atom. The summed E-state index contributed by atoms with van der Waals surface area (Å²) in [6.45, 7) is 3.82. The minimum atomic E-state index is -0.957. The zero-order valence-electron chi connectivity index (χ0n) is 17.2. The van der Waals surface area contributed by atoms with Crippen LogP contribution in [-0.2, 0) is 0 Å². The van der Waals surface area contributed by atoms with E-state index in [1.54, 1.807) is 37.7 Å². The molecule has 4 aromatic rings. The number of halogens is 2. The van der Waals surface area contributed by atoms with Crippen LogP contribution in [0.4, 0.5) is 20.3 Å². The molecule has 2 aromatic carbocycles. The zero-order chi connectivity index (χ0) is 22.0. The number of aromatic nitrogens is 3. The number of anilines is 2. The molecule has 0 aliphatic rings. The molecule has 0 bridgehead atoms. The fraction of sp³-hybridized carbons (Fsp3) is 0.174. The number of methoxy groups -OCH3 is 1. The zero-order valence-corrected chi connectivity index (χ0v) is 17.2. The number of ether oxygens (including phenoxy) is 2. The van der Waals surface area contributed by atoms with Gasteiger partial charge in [0.05, 0.1) is 18.7 Å². The van der Waals surface area contributed by atoms with E-state index in [4.69, 9.17) is 9.47 Å². The molecule has 0 saturated carbocycles. The van der Waals surface area contributed by atoms with Gasteiger partial charge >= 0.3 is 0 Å². The Kier molecular flexibility index (Phi) is 5.62. The predicted molar refractivity (Wildman–Crippen MR) is 115 cm³/mol. The lowest BCUT2D eigenvalue weighted by molar-refractivity contribution is 0.230. The molecule has 2 heterocycles. The Morgan fingerprint density at radius 3 is 2.48 bits per heavy atom. The van der Waals surface area contributed by atoms with Crippen LogP contribution in [-0.4, -0.2) is 28.2 Å². The van der Waals surface area contributed by atoms with Gasteiger partial charge in [0.25, 0.3) is 0 Å². The molecule has 31 heavy (non-hydrogen) atoms. The van der Waals surface area contributed by atoms with Crippen LogP contribution in [0.1, 0.15) is 13.8 Å². The lowest BCUT2D eigenvalue weighted by Crippen LogP contribution is -2.07. The third-order valence-electron chi connectivity index (χ3n) is 4.45. The van der Waals surface area contributed by atoms with Gasteiger partial charge in [0.15, 0.2) is 29.0 Å². The van der Waals surface area contributed by atoms with E-state index in [0.29, 0.717) is 45.3 Å². The van der Waals surface area contributed by atoms with Gasteiger partial charge in [-0.1, -0.05) is 0 Å². The van der Waals surface area contributed by atoms with Crippen LogP contribution >= 0.6 is 0 Å². The normalized spacial score (nSPS) is 11.0. The lowest BCUT2D eigenvalue weighted by Gasteiger charge is -2.16. The number of pyridine rings is 1. The fourth-order valence-corrected chi connectivity index (χ4v) is 3.07. The van der Waals surface area contributed by atoms with Crippen molar-refractivity contribution in [1.29, 1.82) is 0 Å². The number of rotatable bonds is 6. The molecule has 8 heteroatoms. The SMILES string of the molecule is COc1cc2nc(-c3cccnc3)nc(Nc3ccc(F)c(F)c3)c2cc1OC(C)C. The Morgan fingerprint density at radius 2 is 1.81 bits per heavy atom. The highest BCUT2D eigenvalue weighted by Gasteiger charge is 2.16. The van der Waals surface area contributed by atoms with Gasteiger partial charge in [-0.25, -0.2) is 18.7 Å². The van der Waals surface area contributed by atoms with Crippen LogP contribution in [0, 0.1) is 11.6 Å². The van der Waals surface area contributed by atoms with E-state index in [2.05, 4.69) is 20.3 Å². The van der Waals surface area contributed by atoms with Gasteiger partial charge in [-0.3, -0.25) is 4.98 Å². The van der Waals surface area contributed by atoms with E-state index in [1.807, 2.05) is 19.9 Å². The second-order valence-electron chi connectivity index (χ2n) is 7.08. The summed E-state index contributed by atoms with van der Waals surface area (Å²) in [4.78, 5) is 13.4. The quantitative estimate of drug-likeness (QED) is 0.442. The summed E-state index contributed by atoms with van der Waals surface area (Å²) >= 11 is 0. The first-order chi connectivity index (χ1) is 14.9. The van der Waals surface area contributed by atoms with E-state index in [9.17, 15) is 8.78 Å². The van der Waals surface area contributed by atoms with Gasteiger partial charge in [-0.2, -0.15) is 0 Å². The standard InChI is InChI=1S/C23H20F2N4O2/c1-13(2)31-21-10-16-19(11-20(21)30-3)28-22(14-5-4-8-26-12-14)29-23(16)27-15-6-7-17(24)18(25)9-15/h4-13H,1-3H3,(H,27,28,29). The van der Waals surface area contributed by atoms with Crippen LogP contribution in [0.5, 0.6) is 11.5 Å². The largest absolute Gasteiger partial charge is 0.493 e. The molecule has 0 spiro atoms. The number of nitrogens with zero attached hydrogens (tertiary/aromatic N) is 3. The molecule has 158 valence electrons. The monoisotopic (exact) mass is 422 g/mol. The average molecular weight is 422 g/mol. The molecule has 0 unspecified atom stereocenters. The van der Waals surface area contributed by atoms with Crippen molar-refractivity contribution in [3.63, 3.8) is 0 Å². The van der Waals surface area contributed by atoms with Gasteiger partial charge in [-0.05, 0) is 44.2 Å². The van der Waals surface area contributed by atoms with Crippen molar-refractivity contribution in [3.05, 3.63) is 66.5 Å². The smallest absolute Gasteiger partial charge is 0.163 e. The molecule has 0 amide bonds. The van der Waals surface area contributed by atoms with Crippen LogP contribution in [0.2, 0.25) is 0 Å². The number of hydrogen-bond donors (Lipinski definition) is 1.